The monoisotopic (exact) mass is 706 g/mol. The van der Waals surface area contributed by atoms with Crippen molar-refractivity contribution in [1.82, 2.24) is 20.4 Å². The molecule has 0 spiro atoms. The highest BCUT2D eigenvalue weighted by atomic mass is 16.6. The van der Waals surface area contributed by atoms with Crippen molar-refractivity contribution in [2.24, 2.45) is 11.3 Å². The lowest BCUT2D eigenvalue weighted by Gasteiger charge is -2.29. The summed E-state index contributed by atoms with van der Waals surface area (Å²) in [4.78, 5) is 62.6. The normalized spacial score (nSPS) is 26.2. The Kier molecular flexibility index (Phi) is 9.63. The number of benzene rings is 2. The molecular weight excluding hydrogens is 660 g/mol. The van der Waals surface area contributed by atoms with Gasteiger partial charge in [0.1, 0.15) is 23.5 Å². The molecule has 1 N–H and O–H groups in total. The molecule has 5 atom stereocenters. The molecule has 11 heteroatoms. The summed E-state index contributed by atoms with van der Waals surface area (Å²) in [6.45, 7) is 7.26. The third-order valence-corrected chi connectivity index (χ3v) is 10.4. The molecule has 2 aromatic heterocycles. The quantitative estimate of drug-likeness (QED) is 0.137. The van der Waals surface area contributed by atoms with Crippen molar-refractivity contribution in [1.29, 1.82) is 0 Å². The number of allylic oxidation sites excluding steroid dienone is 2. The Bertz CT molecular complexity index is 2050. The summed E-state index contributed by atoms with van der Waals surface area (Å²) in [5, 5.41) is 9.54. The van der Waals surface area contributed by atoms with E-state index >= 15 is 0 Å². The van der Waals surface area contributed by atoms with Crippen LogP contribution in [-0.4, -0.2) is 68.9 Å². The summed E-state index contributed by atoms with van der Waals surface area (Å²) < 4.78 is 17.6. The van der Waals surface area contributed by atoms with Gasteiger partial charge in [-0.05, 0) is 76.8 Å². The number of hydrogen-bond donors (Lipinski definition) is 1. The standard InChI is InChI=1S/C41H46N4O7/c1-25-20-33(44-52-25)36(47)42-32-19-9-7-5-6-8-14-26-22-41(26,39(49)51-40(2,3)4)23-35(46)34-21-27(24-45(34)38(32)48)50-37-30-17-11-10-15-28(30)29-16-12-13-18-31(29)43-37/h8,10-18,20,26-27,32,34H,5-7,9,19,21-24H2,1-4H3,(H,42,47)/b14-8-/t26-,27-,32+,34+,41-/m1/s1. The SMILES string of the molecule is Cc1cc(C(=O)N[C@H]2CCCCC/C=C\[C@@H]3C[C@@]3(C(=O)OC(C)(C)C)CC(=O)[C@@H]3C[C@@H](Oc4nc5ccccc5c5ccccc45)CN3C2=O)no1. The second-order valence-corrected chi connectivity index (χ2v) is 15.5. The average molecular weight is 707 g/mol. The van der Waals surface area contributed by atoms with Crippen LogP contribution in [0.25, 0.3) is 21.7 Å². The van der Waals surface area contributed by atoms with Crippen LogP contribution in [0.2, 0.25) is 0 Å². The zero-order valence-corrected chi connectivity index (χ0v) is 30.2. The van der Waals surface area contributed by atoms with Crippen LogP contribution in [0.3, 0.4) is 0 Å². The molecule has 1 saturated heterocycles. The number of carbonyl (C=O) groups excluding carboxylic acids is 4. The number of rotatable bonds is 5. The maximum atomic E-state index is 14.6. The van der Waals surface area contributed by atoms with Crippen molar-refractivity contribution in [3.05, 3.63) is 78.2 Å². The number of amides is 2. The first-order valence-corrected chi connectivity index (χ1v) is 18.3. The molecule has 4 aromatic rings. The zero-order valence-electron chi connectivity index (χ0n) is 30.2. The Labute approximate surface area is 303 Å². The van der Waals surface area contributed by atoms with Crippen LogP contribution in [-0.2, 0) is 19.1 Å². The third kappa shape index (κ3) is 7.31. The number of pyridine rings is 1. The van der Waals surface area contributed by atoms with Gasteiger partial charge < -0.3 is 24.2 Å². The predicted octanol–water partition coefficient (Wildman–Crippen LogP) is 6.66. The highest BCUT2D eigenvalue weighted by Crippen LogP contribution is 2.58. The molecule has 0 radical (unpaired) electrons. The number of carbonyl (C=O) groups is 4. The molecule has 2 aliphatic heterocycles. The summed E-state index contributed by atoms with van der Waals surface area (Å²) >= 11 is 0. The van der Waals surface area contributed by atoms with E-state index in [0.717, 1.165) is 40.9 Å². The highest BCUT2D eigenvalue weighted by Gasteiger charge is 2.62. The van der Waals surface area contributed by atoms with Crippen LogP contribution in [0.1, 0.15) is 88.4 Å². The zero-order chi connectivity index (χ0) is 36.6. The minimum atomic E-state index is -0.997. The fourth-order valence-corrected chi connectivity index (χ4v) is 7.67. The minimum absolute atomic E-state index is 0.0650. The smallest absolute Gasteiger partial charge is 0.313 e. The number of aryl methyl sites for hydroxylation is 1. The number of nitrogens with one attached hydrogen (secondary N) is 1. The highest BCUT2D eigenvalue weighted by molar-refractivity contribution is 6.07. The summed E-state index contributed by atoms with van der Waals surface area (Å²) in [5.41, 5.74) is -0.868. The molecule has 2 amide bonds. The van der Waals surface area contributed by atoms with E-state index in [1.165, 1.54) is 6.07 Å². The maximum Gasteiger partial charge on any atom is 0.313 e. The van der Waals surface area contributed by atoms with Crippen LogP contribution < -0.4 is 10.1 Å². The largest absolute Gasteiger partial charge is 0.472 e. The van der Waals surface area contributed by atoms with Crippen LogP contribution in [0.15, 0.2) is 71.3 Å². The number of Topliss-reactive ketones (excluding diaryl/α,β-unsaturated/α-hetero) is 1. The van der Waals surface area contributed by atoms with Crippen molar-refractivity contribution in [3.63, 3.8) is 0 Å². The predicted molar refractivity (Wildman–Crippen MR) is 195 cm³/mol. The molecule has 52 heavy (non-hydrogen) atoms. The van der Waals surface area contributed by atoms with Crippen LogP contribution in [0.5, 0.6) is 5.88 Å². The van der Waals surface area contributed by atoms with Gasteiger partial charge in [0.15, 0.2) is 11.5 Å². The fourth-order valence-electron chi connectivity index (χ4n) is 7.67. The van der Waals surface area contributed by atoms with Gasteiger partial charge in [-0.15, -0.1) is 0 Å². The number of aromatic nitrogens is 2. The van der Waals surface area contributed by atoms with E-state index in [-0.39, 0.29) is 42.7 Å². The molecule has 1 aliphatic carbocycles. The van der Waals surface area contributed by atoms with E-state index in [1.54, 1.807) is 11.8 Å². The Morgan fingerprint density at radius 1 is 1.00 bits per heavy atom. The molecule has 0 bridgehead atoms. The number of ether oxygens (including phenoxy) is 2. The second-order valence-electron chi connectivity index (χ2n) is 15.5. The van der Waals surface area contributed by atoms with Gasteiger partial charge in [0.2, 0.25) is 11.8 Å². The average Bonchev–Trinajstić information content (AvgIpc) is 3.39. The van der Waals surface area contributed by atoms with Gasteiger partial charge >= 0.3 is 5.97 Å². The molecule has 3 aliphatic rings. The van der Waals surface area contributed by atoms with Crippen molar-refractivity contribution < 1.29 is 33.2 Å². The Balaban J connectivity index is 1.22. The van der Waals surface area contributed by atoms with Crippen molar-refractivity contribution in [2.75, 3.05) is 6.54 Å². The van der Waals surface area contributed by atoms with Crippen molar-refractivity contribution >= 4 is 45.2 Å². The van der Waals surface area contributed by atoms with Crippen LogP contribution in [0, 0.1) is 18.3 Å². The van der Waals surface area contributed by atoms with Gasteiger partial charge in [0, 0.05) is 29.7 Å². The molecule has 7 rings (SSSR count). The van der Waals surface area contributed by atoms with Gasteiger partial charge in [0.05, 0.1) is 23.5 Å². The summed E-state index contributed by atoms with van der Waals surface area (Å²) in [6, 6.07) is 15.5. The molecule has 2 fully saturated rings. The fraction of sp³-hybridized carbons (Fsp3) is 0.463. The Morgan fingerprint density at radius 2 is 1.75 bits per heavy atom. The van der Waals surface area contributed by atoms with E-state index in [0.29, 0.717) is 30.9 Å². The molecule has 4 heterocycles. The molecule has 1 saturated carbocycles. The van der Waals surface area contributed by atoms with E-state index in [2.05, 4.69) is 22.6 Å². The second kappa shape index (κ2) is 14.2. The first-order chi connectivity index (χ1) is 24.9. The van der Waals surface area contributed by atoms with Gasteiger partial charge in [0.25, 0.3) is 5.91 Å². The topological polar surface area (TPSA) is 141 Å². The van der Waals surface area contributed by atoms with E-state index in [4.69, 9.17) is 19.0 Å². The molecule has 272 valence electrons. The number of nitrogens with zero attached hydrogens (tertiary/aromatic N) is 3. The molecule has 11 nitrogen and oxygen atoms in total. The third-order valence-electron chi connectivity index (χ3n) is 10.4. The van der Waals surface area contributed by atoms with Crippen LogP contribution in [0.4, 0.5) is 0 Å². The van der Waals surface area contributed by atoms with Gasteiger partial charge in [-0.3, -0.25) is 19.2 Å². The summed E-state index contributed by atoms with van der Waals surface area (Å²) in [6.07, 6.45) is 7.82. The molecule has 2 aromatic carbocycles. The number of ketones is 1. The lowest BCUT2D eigenvalue weighted by molar-refractivity contribution is -0.163. The lowest BCUT2D eigenvalue weighted by Crippen LogP contribution is -2.52. The van der Waals surface area contributed by atoms with E-state index < -0.39 is 41.1 Å². The number of fused-ring (bicyclic) bond motifs is 5. The van der Waals surface area contributed by atoms with E-state index in [9.17, 15) is 19.2 Å². The van der Waals surface area contributed by atoms with Crippen molar-refractivity contribution in [3.8, 4) is 5.88 Å². The molecule has 0 unspecified atom stereocenters. The summed E-state index contributed by atoms with van der Waals surface area (Å²) in [5.74, 6) is -0.751. The van der Waals surface area contributed by atoms with Gasteiger partial charge in [-0.25, -0.2) is 4.98 Å². The number of hydrogen-bond acceptors (Lipinski definition) is 9. The molecular formula is C41H46N4O7. The number of para-hydroxylation sites is 1. The Morgan fingerprint density at radius 3 is 2.50 bits per heavy atom. The van der Waals surface area contributed by atoms with Crippen LogP contribution >= 0.6 is 0 Å². The van der Waals surface area contributed by atoms with Crippen molar-refractivity contribution in [2.45, 2.75) is 103 Å². The lowest BCUT2D eigenvalue weighted by atomic mass is 9.91. The maximum absolute atomic E-state index is 14.6. The number of esters is 1. The van der Waals surface area contributed by atoms with Gasteiger partial charge in [-0.1, -0.05) is 66.5 Å². The van der Waals surface area contributed by atoms with E-state index in [1.807, 2.05) is 69.3 Å². The Hall–Kier alpha value is -5.06. The minimum Gasteiger partial charge on any atom is -0.472 e. The van der Waals surface area contributed by atoms with Gasteiger partial charge in [-0.2, -0.15) is 0 Å². The first-order valence-electron chi connectivity index (χ1n) is 18.3. The first kappa shape index (κ1) is 35.3. The summed E-state index contributed by atoms with van der Waals surface area (Å²) in [7, 11) is 0.